The lowest BCUT2D eigenvalue weighted by atomic mass is 10.0. The summed E-state index contributed by atoms with van der Waals surface area (Å²) in [6.45, 7) is 5.05. The van der Waals surface area contributed by atoms with Gasteiger partial charge in [0.25, 0.3) is 0 Å². The molecule has 1 aromatic rings. The molecule has 0 radical (unpaired) electrons. The lowest BCUT2D eigenvalue weighted by Gasteiger charge is -2.24. The second-order valence-electron chi connectivity index (χ2n) is 5.35. The second kappa shape index (κ2) is 5.79. The lowest BCUT2D eigenvalue weighted by molar-refractivity contribution is -0.138. The predicted octanol–water partition coefficient (Wildman–Crippen LogP) is 2.51. The summed E-state index contributed by atoms with van der Waals surface area (Å²) in [6, 6.07) is 0. The number of carboxylic acid groups (broad SMARTS) is 1. The maximum absolute atomic E-state index is 12.7. The SMILES string of the molecule is CCC(C)(C)NC(=O)Cn1cc(C(=O)O)c(C(F)(F)F)c1. The van der Waals surface area contributed by atoms with Crippen LogP contribution < -0.4 is 5.32 Å². The third-order valence-corrected chi connectivity index (χ3v) is 3.10. The van der Waals surface area contributed by atoms with Gasteiger partial charge in [0.2, 0.25) is 5.91 Å². The number of nitrogens with one attached hydrogen (secondary N) is 1. The van der Waals surface area contributed by atoms with Crippen molar-refractivity contribution < 1.29 is 27.9 Å². The summed E-state index contributed by atoms with van der Waals surface area (Å²) in [5.74, 6) is -2.17. The van der Waals surface area contributed by atoms with E-state index in [1.807, 2.05) is 6.92 Å². The fraction of sp³-hybridized carbons (Fsp3) is 0.538. The molecule has 2 N–H and O–H groups in total. The highest BCUT2D eigenvalue weighted by molar-refractivity contribution is 5.89. The Balaban J connectivity index is 2.96. The van der Waals surface area contributed by atoms with Crippen molar-refractivity contribution in [3.63, 3.8) is 0 Å². The summed E-state index contributed by atoms with van der Waals surface area (Å²) in [5.41, 5.74) is -2.62. The molecule has 0 aromatic carbocycles. The summed E-state index contributed by atoms with van der Waals surface area (Å²) >= 11 is 0. The fourth-order valence-corrected chi connectivity index (χ4v) is 1.67. The van der Waals surface area contributed by atoms with Gasteiger partial charge >= 0.3 is 12.1 Å². The molecule has 0 unspecified atom stereocenters. The Labute approximate surface area is 119 Å². The van der Waals surface area contributed by atoms with Crippen LogP contribution in [0.25, 0.3) is 0 Å². The predicted molar refractivity (Wildman–Crippen MR) is 68.9 cm³/mol. The number of hydrogen-bond acceptors (Lipinski definition) is 2. The van der Waals surface area contributed by atoms with E-state index in [2.05, 4.69) is 5.32 Å². The Bertz CT molecular complexity index is 547. The van der Waals surface area contributed by atoms with Gasteiger partial charge in [0, 0.05) is 17.9 Å². The number of rotatable bonds is 5. The zero-order valence-electron chi connectivity index (χ0n) is 11.9. The van der Waals surface area contributed by atoms with Crippen molar-refractivity contribution in [3.05, 3.63) is 23.5 Å². The van der Waals surface area contributed by atoms with Gasteiger partial charge in [0.05, 0.1) is 11.1 Å². The van der Waals surface area contributed by atoms with Crippen LogP contribution in [0.4, 0.5) is 13.2 Å². The average Bonchev–Trinajstić information content (AvgIpc) is 2.72. The standard InChI is InChI=1S/C13H17F3N2O3/c1-4-12(2,3)17-10(19)7-18-5-8(11(20)21)9(6-18)13(14,15)16/h5-6H,4,7H2,1-3H3,(H,17,19)(H,20,21). The molecule has 0 atom stereocenters. The minimum atomic E-state index is -4.78. The average molecular weight is 306 g/mol. The number of aromatic nitrogens is 1. The van der Waals surface area contributed by atoms with E-state index in [0.29, 0.717) is 12.6 Å². The Hall–Kier alpha value is -1.99. The number of carboxylic acids is 1. The molecular weight excluding hydrogens is 289 g/mol. The molecule has 0 aliphatic rings. The van der Waals surface area contributed by atoms with Crippen LogP contribution in [0.2, 0.25) is 0 Å². The number of carbonyl (C=O) groups excluding carboxylic acids is 1. The molecule has 0 aliphatic carbocycles. The van der Waals surface area contributed by atoms with E-state index in [-0.39, 0.29) is 6.54 Å². The first-order valence-corrected chi connectivity index (χ1v) is 6.27. The maximum atomic E-state index is 12.7. The third-order valence-electron chi connectivity index (χ3n) is 3.10. The van der Waals surface area contributed by atoms with Gasteiger partial charge < -0.3 is 15.0 Å². The number of alkyl halides is 3. The van der Waals surface area contributed by atoms with Gasteiger partial charge in [-0.15, -0.1) is 0 Å². The summed E-state index contributed by atoms with van der Waals surface area (Å²) in [7, 11) is 0. The molecule has 0 bridgehead atoms. The quantitative estimate of drug-likeness (QED) is 0.878. The molecule has 1 heterocycles. The van der Waals surface area contributed by atoms with Crippen LogP contribution in [0.15, 0.2) is 12.4 Å². The second-order valence-corrected chi connectivity index (χ2v) is 5.35. The summed E-state index contributed by atoms with van der Waals surface area (Å²) in [6.07, 6.45) is -2.69. The van der Waals surface area contributed by atoms with Crippen molar-refractivity contribution in [2.24, 2.45) is 0 Å². The molecule has 5 nitrogen and oxygen atoms in total. The van der Waals surface area contributed by atoms with Crippen molar-refractivity contribution in [1.29, 1.82) is 0 Å². The van der Waals surface area contributed by atoms with Gasteiger partial charge in [-0.3, -0.25) is 4.79 Å². The molecule has 0 saturated heterocycles. The highest BCUT2D eigenvalue weighted by atomic mass is 19.4. The van der Waals surface area contributed by atoms with Gasteiger partial charge in [-0.2, -0.15) is 13.2 Å². The third kappa shape index (κ3) is 4.51. The molecule has 0 saturated carbocycles. The van der Waals surface area contributed by atoms with E-state index < -0.39 is 34.7 Å². The zero-order valence-corrected chi connectivity index (χ0v) is 11.9. The first kappa shape index (κ1) is 17.1. The van der Waals surface area contributed by atoms with Crippen LogP contribution >= 0.6 is 0 Å². The normalized spacial score (nSPS) is 12.3. The monoisotopic (exact) mass is 306 g/mol. The fourth-order valence-electron chi connectivity index (χ4n) is 1.67. The van der Waals surface area contributed by atoms with E-state index >= 15 is 0 Å². The van der Waals surface area contributed by atoms with Crippen LogP contribution in [0, 0.1) is 0 Å². The van der Waals surface area contributed by atoms with E-state index in [0.717, 1.165) is 10.8 Å². The van der Waals surface area contributed by atoms with Crippen molar-refractivity contribution in [3.8, 4) is 0 Å². The van der Waals surface area contributed by atoms with Crippen molar-refractivity contribution in [2.75, 3.05) is 0 Å². The molecule has 0 spiro atoms. The smallest absolute Gasteiger partial charge is 0.418 e. The van der Waals surface area contributed by atoms with E-state index in [4.69, 9.17) is 5.11 Å². The summed E-state index contributed by atoms with van der Waals surface area (Å²) in [5, 5.41) is 11.4. The maximum Gasteiger partial charge on any atom is 0.418 e. The first-order chi connectivity index (χ1) is 9.46. The molecule has 8 heteroatoms. The molecule has 21 heavy (non-hydrogen) atoms. The summed E-state index contributed by atoms with van der Waals surface area (Å²) in [4.78, 5) is 22.6. The molecule has 1 rings (SSSR count). The van der Waals surface area contributed by atoms with Gasteiger partial charge in [-0.05, 0) is 20.3 Å². The van der Waals surface area contributed by atoms with Crippen LogP contribution in [0.1, 0.15) is 43.1 Å². The largest absolute Gasteiger partial charge is 0.478 e. The highest BCUT2D eigenvalue weighted by Gasteiger charge is 2.37. The molecule has 1 aromatic heterocycles. The zero-order chi connectivity index (χ0) is 16.4. The Morgan fingerprint density at radius 2 is 1.86 bits per heavy atom. The van der Waals surface area contributed by atoms with E-state index in [1.165, 1.54) is 0 Å². The first-order valence-electron chi connectivity index (χ1n) is 6.27. The van der Waals surface area contributed by atoms with Gasteiger partial charge in [0.15, 0.2) is 0 Å². The molecule has 0 fully saturated rings. The molecule has 0 aliphatic heterocycles. The van der Waals surface area contributed by atoms with Crippen molar-refractivity contribution in [2.45, 2.75) is 45.5 Å². The van der Waals surface area contributed by atoms with Gasteiger partial charge in [0.1, 0.15) is 6.54 Å². The number of hydrogen-bond donors (Lipinski definition) is 2. The van der Waals surface area contributed by atoms with E-state index in [9.17, 15) is 22.8 Å². The highest BCUT2D eigenvalue weighted by Crippen LogP contribution is 2.32. The number of amides is 1. The van der Waals surface area contributed by atoms with E-state index in [1.54, 1.807) is 13.8 Å². The molecule has 1 amide bonds. The van der Waals surface area contributed by atoms with Crippen LogP contribution in [0.3, 0.4) is 0 Å². The number of carbonyl (C=O) groups is 2. The lowest BCUT2D eigenvalue weighted by Crippen LogP contribution is -2.44. The minimum Gasteiger partial charge on any atom is -0.478 e. The molecular formula is C13H17F3N2O3. The number of halogens is 3. The topological polar surface area (TPSA) is 71.3 Å². The Morgan fingerprint density at radius 1 is 1.29 bits per heavy atom. The molecule has 118 valence electrons. The minimum absolute atomic E-state index is 0.375. The Morgan fingerprint density at radius 3 is 2.24 bits per heavy atom. The van der Waals surface area contributed by atoms with Crippen molar-refractivity contribution in [1.82, 2.24) is 9.88 Å². The number of nitrogens with zero attached hydrogens (tertiary/aromatic N) is 1. The number of aromatic carboxylic acids is 1. The van der Waals surface area contributed by atoms with Gasteiger partial charge in [-0.1, -0.05) is 6.92 Å². The van der Waals surface area contributed by atoms with Crippen LogP contribution in [-0.4, -0.2) is 27.1 Å². The van der Waals surface area contributed by atoms with Crippen LogP contribution in [-0.2, 0) is 17.5 Å². The van der Waals surface area contributed by atoms with Crippen molar-refractivity contribution >= 4 is 11.9 Å². The summed E-state index contributed by atoms with van der Waals surface area (Å²) < 4.78 is 39.0. The Kier molecular flexibility index (Phi) is 4.70. The van der Waals surface area contributed by atoms with Gasteiger partial charge in [-0.25, -0.2) is 4.79 Å². The van der Waals surface area contributed by atoms with Crippen LogP contribution in [0.5, 0.6) is 0 Å².